The second-order valence-corrected chi connectivity index (χ2v) is 5.25. The van der Waals surface area contributed by atoms with E-state index in [1.54, 1.807) is 0 Å². The van der Waals surface area contributed by atoms with Crippen LogP contribution in [0.4, 0.5) is 0 Å². The van der Waals surface area contributed by atoms with E-state index in [2.05, 4.69) is 5.32 Å². The molecule has 0 rings (SSSR count). The Morgan fingerprint density at radius 1 is 1.44 bits per heavy atom. The van der Waals surface area contributed by atoms with Gasteiger partial charge in [0.15, 0.2) is 0 Å². The quantitative estimate of drug-likeness (QED) is 0.378. The summed E-state index contributed by atoms with van der Waals surface area (Å²) in [5.74, 6) is 0. The van der Waals surface area contributed by atoms with Crippen molar-refractivity contribution in [2.75, 3.05) is 13.1 Å². The van der Waals surface area contributed by atoms with Crippen molar-refractivity contribution in [2.24, 2.45) is 0 Å². The van der Waals surface area contributed by atoms with Crippen LogP contribution >= 0.6 is 0 Å². The van der Waals surface area contributed by atoms with Gasteiger partial charge in [0.1, 0.15) is 0 Å². The van der Waals surface area contributed by atoms with Crippen LogP contribution in [-0.4, -0.2) is 31.2 Å². The summed E-state index contributed by atoms with van der Waals surface area (Å²) >= 11 is 0. The first-order valence-corrected chi connectivity index (χ1v) is 5.82. The van der Waals surface area contributed by atoms with Gasteiger partial charge in [-0.3, -0.25) is 0 Å². The molecule has 0 aromatic rings. The van der Waals surface area contributed by atoms with Crippen LogP contribution in [0.25, 0.3) is 0 Å². The molecule has 0 saturated heterocycles. The van der Waals surface area contributed by atoms with Crippen LogP contribution in [0, 0.1) is 0 Å². The van der Waals surface area contributed by atoms with E-state index in [-0.39, 0.29) is 0 Å². The number of nitrogens with one attached hydrogen (secondary N) is 1. The maximum atomic E-state index is 8.90. The fourth-order valence-electron chi connectivity index (χ4n) is 0.502. The minimum Gasteiger partial charge on any atom is -0.411 e. The van der Waals surface area contributed by atoms with Crippen LogP contribution < -0.4 is 5.32 Å². The molecule has 9 heavy (non-hydrogen) atoms. The maximum absolute atomic E-state index is 8.90. The molecule has 0 saturated carbocycles. The highest BCUT2D eigenvalue weighted by Gasteiger charge is 2.19. The molecule has 3 nitrogen and oxygen atoms in total. The Morgan fingerprint density at radius 3 is 2.33 bits per heavy atom. The lowest BCUT2D eigenvalue weighted by Crippen LogP contribution is -2.34. The zero-order chi connectivity index (χ0) is 7.33. The van der Waals surface area contributed by atoms with Crippen LogP contribution in [0.3, 0.4) is 0 Å². The van der Waals surface area contributed by atoms with Crippen molar-refractivity contribution in [1.82, 2.24) is 5.32 Å². The van der Waals surface area contributed by atoms with Gasteiger partial charge in [-0.15, -0.1) is 0 Å². The normalized spacial score (nSPS) is 12.0. The highest BCUT2D eigenvalue weighted by atomic mass is 28.4. The van der Waals surface area contributed by atoms with Crippen molar-refractivity contribution in [2.45, 2.75) is 19.5 Å². The molecule has 3 N–H and O–H groups in total. The topological polar surface area (TPSA) is 52.5 Å². The van der Waals surface area contributed by atoms with Gasteiger partial charge in [0.25, 0.3) is 0 Å². The van der Waals surface area contributed by atoms with Gasteiger partial charge >= 0.3 is 8.56 Å². The Morgan fingerprint density at radius 2 is 2.00 bits per heavy atom. The zero-order valence-corrected chi connectivity index (χ0v) is 7.02. The fourth-order valence-corrected chi connectivity index (χ4v) is 1.15. The third-order valence-electron chi connectivity index (χ3n) is 1.03. The molecule has 0 atom stereocenters. The maximum Gasteiger partial charge on any atom is 0.330 e. The van der Waals surface area contributed by atoms with E-state index < -0.39 is 8.56 Å². The van der Waals surface area contributed by atoms with E-state index in [1.807, 2.05) is 6.92 Å². The van der Waals surface area contributed by atoms with E-state index in [0.717, 1.165) is 6.54 Å². The average molecular weight is 149 g/mol. The molecular weight excluding hydrogens is 134 g/mol. The third kappa shape index (κ3) is 8.10. The van der Waals surface area contributed by atoms with E-state index in [9.17, 15) is 0 Å². The molecule has 0 amide bonds. The molecular formula is C5H15NO2Si. The Bertz CT molecular complexity index is 71.8. The van der Waals surface area contributed by atoms with Gasteiger partial charge in [-0.05, 0) is 19.6 Å². The van der Waals surface area contributed by atoms with Crippen molar-refractivity contribution in [3.05, 3.63) is 0 Å². The Hall–Kier alpha value is 0.0969. The monoisotopic (exact) mass is 149 g/mol. The summed E-state index contributed by atoms with van der Waals surface area (Å²) in [7, 11) is -2.76. The highest BCUT2D eigenvalue weighted by Crippen LogP contribution is 1.96. The third-order valence-corrected chi connectivity index (χ3v) is 2.22. The van der Waals surface area contributed by atoms with Crippen LogP contribution in [-0.2, 0) is 0 Å². The van der Waals surface area contributed by atoms with Crippen molar-refractivity contribution in [3.63, 3.8) is 0 Å². The molecule has 0 aliphatic rings. The van der Waals surface area contributed by atoms with Gasteiger partial charge in [-0.1, -0.05) is 6.92 Å². The number of hydrogen-bond acceptors (Lipinski definition) is 3. The predicted octanol–water partition coefficient (Wildman–Crippen LogP) is -0.348. The molecule has 4 heteroatoms. The summed E-state index contributed by atoms with van der Waals surface area (Å²) < 4.78 is 0. The van der Waals surface area contributed by atoms with E-state index in [4.69, 9.17) is 9.59 Å². The SMILES string of the molecule is CCNCC[Si](C)(O)O. The second kappa shape index (κ2) is 4.00. The van der Waals surface area contributed by atoms with Gasteiger partial charge < -0.3 is 14.9 Å². The molecule has 0 unspecified atom stereocenters. The van der Waals surface area contributed by atoms with Crippen molar-refractivity contribution in [3.8, 4) is 0 Å². The number of rotatable bonds is 4. The molecule has 0 bridgehead atoms. The molecule has 0 aromatic carbocycles. The van der Waals surface area contributed by atoms with Gasteiger partial charge in [0.2, 0.25) is 0 Å². The van der Waals surface area contributed by atoms with Gasteiger partial charge in [-0.2, -0.15) is 0 Å². The van der Waals surface area contributed by atoms with Crippen molar-refractivity contribution in [1.29, 1.82) is 0 Å². The first-order chi connectivity index (χ1) is 4.06. The summed E-state index contributed by atoms with van der Waals surface area (Å²) in [6.07, 6.45) is 0. The summed E-state index contributed by atoms with van der Waals surface area (Å²) in [5, 5.41) is 3.02. The standard InChI is InChI=1S/C5H15NO2Si/c1-3-6-4-5-9(2,7)8/h6-8H,3-5H2,1-2H3. The smallest absolute Gasteiger partial charge is 0.330 e. The molecule has 56 valence electrons. The fraction of sp³-hybridized carbons (Fsp3) is 1.00. The van der Waals surface area contributed by atoms with Crippen LogP contribution in [0.5, 0.6) is 0 Å². The minimum atomic E-state index is -2.76. The molecule has 0 fully saturated rings. The van der Waals surface area contributed by atoms with Crippen molar-refractivity contribution >= 4 is 8.56 Å². The van der Waals surface area contributed by atoms with E-state index >= 15 is 0 Å². The largest absolute Gasteiger partial charge is 0.411 e. The lowest BCUT2D eigenvalue weighted by Gasteiger charge is -2.10. The Labute approximate surface area is 57.0 Å². The summed E-state index contributed by atoms with van der Waals surface area (Å²) in [5.41, 5.74) is 0. The van der Waals surface area contributed by atoms with Crippen molar-refractivity contribution < 1.29 is 9.59 Å². The molecule has 0 aromatic heterocycles. The molecule has 0 aliphatic heterocycles. The summed E-state index contributed by atoms with van der Waals surface area (Å²) in [6.45, 7) is 5.12. The van der Waals surface area contributed by atoms with Gasteiger partial charge in [0.05, 0.1) is 0 Å². The first-order valence-electron chi connectivity index (χ1n) is 3.21. The first kappa shape index (κ1) is 9.10. The molecule has 0 aliphatic carbocycles. The van der Waals surface area contributed by atoms with Crippen LogP contribution in [0.2, 0.25) is 12.6 Å². The van der Waals surface area contributed by atoms with Crippen LogP contribution in [0.1, 0.15) is 6.92 Å². The Balaban J connectivity index is 3.07. The lowest BCUT2D eigenvalue weighted by molar-refractivity contribution is 0.368. The average Bonchev–Trinajstić information content (AvgIpc) is 1.63. The lowest BCUT2D eigenvalue weighted by atomic mass is 10.7. The van der Waals surface area contributed by atoms with Crippen LogP contribution in [0.15, 0.2) is 0 Å². The summed E-state index contributed by atoms with van der Waals surface area (Å²) in [4.78, 5) is 17.8. The summed E-state index contributed by atoms with van der Waals surface area (Å²) in [6, 6.07) is 0.515. The molecule has 0 radical (unpaired) electrons. The minimum absolute atomic E-state index is 0.515. The Kier molecular flexibility index (Phi) is 4.04. The van der Waals surface area contributed by atoms with Gasteiger partial charge in [-0.25, -0.2) is 0 Å². The van der Waals surface area contributed by atoms with Gasteiger partial charge in [0, 0.05) is 6.04 Å². The zero-order valence-electron chi connectivity index (χ0n) is 6.02. The second-order valence-electron chi connectivity index (χ2n) is 2.32. The van der Waals surface area contributed by atoms with E-state index in [1.165, 1.54) is 6.55 Å². The van der Waals surface area contributed by atoms with E-state index in [0.29, 0.717) is 12.6 Å². The number of hydrogen-bond donors (Lipinski definition) is 3. The molecule has 0 spiro atoms. The molecule has 0 heterocycles. The predicted molar refractivity (Wildman–Crippen MR) is 39.4 cm³/mol. The highest BCUT2D eigenvalue weighted by molar-refractivity contribution is 6.63.